The standard InChI is InChI=1S/C10H14N2/c11-5-3-8-1-2-9-7-12-6-4-10(8)9/h4,6-8H,1-3,5,11H2. The third-order valence-corrected chi connectivity index (χ3v) is 2.66. The molecule has 12 heavy (non-hydrogen) atoms. The molecule has 0 aromatic carbocycles. The van der Waals surface area contributed by atoms with E-state index in [4.69, 9.17) is 5.73 Å². The van der Waals surface area contributed by atoms with Crippen LogP contribution in [0.1, 0.15) is 29.9 Å². The second-order valence-electron chi connectivity index (χ2n) is 3.39. The molecule has 1 aromatic rings. The van der Waals surface area contributed by atoms with E-state index in [0.29, 0.717) is 5.92 Å². The van der Waals surface area contributed by atoms with Crippen LogP contribution in [0, 0.1) is 0 Å². The average Bonchev–Trinajstić information content (AvgIpc) is 2.50. The van der Waals surface area contributed by atoms with E-state index >= 15 is 0 Å². The molecule has 0 amide bonds. The van der Waals surface area contributed by atoms with Crippen LogP contribution in [-0.2, 0) is 6.42 Å². The summed E-state index contributed by atoms with van der Waals surface area (Å²) in [6, 6.07) is 2.14. The van der Waals surface area contributed by atoms with Crippen LogP contribution >= 0.6 is 0 Å². The maximum atomic E-state index is 5.55. The molecule has 0 fully saturated rings. The van der Waals surface area contributed by atoms with E-state index in [9.17, 15) is 0 Å². The van der Waals surface area contributed by atoms with Gasteiger partial charge in [0, 0.05) is 12.4 Å². The zero-order valence-corrected chi connectivity index (χ0v) is 7.16. The SMILES string of the molecule is NCCC1CCc2cnccc21. The van der Waals surface area contributed by atoms with Crippen molar-refractivity contribution in [2.75, 3.05) is 6.54 Å². The van der Waals surface area contributed by atoms with Gasteiger partial charge in [-0.1, -0.05) is 0 Å². The lowest BCUT2D eigenvalue weighted by atomic mass is 9.99. The van der Waals surface area contributed by atoms with E-state index in [2.05, 4.69) is 11.1 Å². The fourth-order valence-electron chi connectivity index (χ4n) is 2.03. The van der Waals surface area contributed by atoms with E-state index in [-0.39, 0.29) is 0 Å². The van der Waals surface area contributed by atoms with E-state index in [1.807, 2.05) is 12.4 Å². The summed E-state index contributed by atoms with van der Waals surface area (Å²) in [6.45, 7) is 0.798. The zero-order chi connectivity index (χ0) is 8.39. The monoisotopic (exact) mass is 162 g/mol. The molecule has 2 rings (SSSR count). The molecule has 0 saturated carbocycles. The number of rotatable bonds is 2. The first-order chi connectivity index (χ1) is 5.92. The summed E-state index contributed by atoms with van der Waals surface area (Å²) in [6.07, 6.45) is 7.45. The quantitative estimate of drug-likeness (QED) is 0.715. The van der Waals surface area contributed by atoms with Crippen molar-refractivity contribution in [1.29, 1.82) is 0 Å². The van der Waals surface area contributed by atoms with E-state index < -0.39 is 0 Å². The number of nitrogens with zero attached hydrogens (tertiary/aromatic N) is 1. The van der Waals surface area contributed by atoms with E-state index in [0.717, 1.165) is 13.0 Å². The van der Waals surface area contributed by atoms with Gasteiger partial charge in [0.05, 0.1) is 0 Å². The smallest absolute Gasteiger partial charge is 0.0302 e. The van der Waals surface area contributed by atoms with Crippen LogP contribution in [0.25, 0.3) is 0 Å². The van der Waals surface area contributed by atoms with Gasteiger partial charge in [0.25, 0.3) is 0 Å². The van der Waals surface area contributed by atoms with Gasteiger partial charge < -0.3 is 5.73 Å². The van der Waals surface area contributed by atoms with Gasteiger partial charge in [0.15, 0.2) is 0 Å². The summed E-state index contributed by atoms with van der Waals surface area (Å²) < 4.78 is 0. The van der Waals surface area contributed by atoms with Crippen molar-refractivity contribution in [3.63, 3.8) is 0 Å². The molecule has 2 N–H and O–H groups in total. The van der Waals surface area contributed by atoms with Gasteiger partial charge in [0.2, 0.25) is 0 Å². The minimum Gasteiger partial charge on any atom is -0.330 e. The molecule has 1 aromatic heterocycles. The highest BCUT2D eigenvalue weighted by Gasteiger charge is 2.20. The molecule has 1 heterocycles. The summed E-state index contributed by atoms with van der Waals surface area (Å²) in [7, 11) is 0. The highest BCUT2D eigenvalue weighted by Crippen LogP contribution is 2.33. The molecular formula is C10H14N2. The Morgan fingerprint density at radius 2 is 2.50 bits per heavy atom. The summed E-state index contributed by atoms with van der Waals surface area (Å²) in [5.74, 6) is 0.702. The lowest BCUT2D eigenvalue weighted by molar-refractivity contribution is 0.627. The second kappa shape index (κ2) is 3.23. The first-order valence-electron chi connectivity index (χ1n) is 4.54. The fraction of sp³-hybridized carbons (Fsp3) is 0.500. The molecule has 0 aliphatic heterocycles. The van der Waals surface area contributed by atoms with Crippen molar-refractivity contribution in [3.05, 3.63) is 29.6 Å². The Morgan fingerprint density at radius 1 is 1.58 bits per heavy atom. The second-order valence-corrected chi connectivity index (χ2v) is 3.39. The van der Waals surface area contributed by atoms with Gasteiger partial charge in [-0.25, -0.2) is 0 Å². The number of hydrogen-bond acceptors (Lipinski definition) is 2. The lowest BCUT2D eigenvalue weighted by Gasteiger charge is -2.08. The molecule has 0 saturated heterocycles. The predicted molar refractivity (Wildman–Crippen MR) is 49.0 cm³/mol. The number of nitrogens with two attached hydrogens (primary N) is 1. The third kappa shape index (κ3) is 1.23. The Morgan fingerprint density at radius 3 is 3.33 bits per heavy atom. The number of pyridine rings is 1. The molecule has 2 nitrogen and oxygen atoms in total. The highest BCUT2D eigenvalue weighted by molar-refractivity contribution is 5.31. The predicted octanol–water partition coefficient (Wildman–Crippen LogP) is 1.46. The molecule has 1 unspecified atom stereocenters. The van der Waals surface area contributed by atoms with Crippen molar-refractivity contribution in [1.82, 2.24) is 4.98 Å². The van der Waals surface area contributed by atoms with Crippen molar-refractivity contribution in [3.8, 4) is 0 Å². The van der Waals surface area contributed by atoms with Crippen LogP contribution in [0.5, 0.6) is 0 Å². The summed E-state index contributed by atoms with van der Waals surface area (Å²) in [5.41, 5.74) is 8.46. The minimum absolute atomic E-state index is 0.702. The van der Waals surface area contributed by atoms with Crippen LogP contribution in [0.4, 0.5) is 0 Å². The Kier molecular flexibility index (Phi) is 2.09. The molecule has 1 aliphatic carbocycles. The van der Waals surface area contributed by atoms with Crippen molar-refractivity contribution in [2.24, 2.45) is 5.73 Å². The van der Waals surface area contributed by atoms with Gasteiger partial charge in [-0.3, -0.25) is 4.98 Å². The molecule has 1 aliphatic rings. The number of hydrogen-bond donors (Lipinski definition) is 1. The van der Waals surface area contributed by atoms with Crippen LogP contribution in [-0.4, -0.2) is 11.5 Å². The van der Waals surface area contributed by atoms with Gasteiger partial charge >= 0.3 is 0 Å². The lowest BCUT2D eigenvalue weighted by Crippen LogP contribution is -2.04. The minimum atomic E-state index is 0.702. The van der Waals surface area contributed by atoms with Crippen molar-refractivity contribution < 1.29 is 0 Å². The van der Waals surface area contributed by atoms with E-state index in [1.54, 1.807) is 0 Å². The summed E-state index contributed by atoms with van der Waals surface area (Å²) in [5, 5.41) is 0. The van der Waals surface area contributed by atoms with Gasteiger partial charge in [-0.15, -0.1) is 0 Å². The Balaban J connectivity index is 2.24. The third-order valence-electron chi connectivity index (χ3n) is 2.66. The molecule has 64 valence electrons. The summed E-state index contributed by atoms with van der Waals surface area (Å²) >= 11 is 0. The van der Waals surface area contributed by atoms with E-state index in [1.165, 1.54) is 24.0 Å². The van der Waals surface area contributed by atoms with Gasteiger partial charge in [0.1, 0.15) is 0 Å². The van der Waals surface area contributed by atoms with Crippen LogP contribution < -0.4 is 5.73 Å². The van der Waals surface area contributed by atoms with Crippen LogP contribution in [0.3, 0.4) is 0 Å². The average molecular weight is 162 g/mol. The topological polar surface area (TPSA) is 38.9 Å². The van der Waals surface area contributed by atoms with Crippen LogP contribution in [0.15, 0.2) is 18.5 Å². The molecule has 0 bridgehead atoms. The fourth-order valence-corrected chi connectivity index (χ4v) is 2.03. The molecular weight excluding hydrogens is 148 g/mol. The first kappa shape index (κ1) is 7.74. The molecule has 2 heteroatoms. The number of aromatic nitrogens is 1. The Labute approximate surface area is 72.8 Å². The van der Waals surface area contributed by atoms with Crippen molar-refractivity contribution >= 4 is 0 Å². The Bertz CT molecular complexity index is 268. The molecule has 1 atom stereocenters. The Hall–Kier alpha value is -0.890. The first-order valence-corrected chi connectivity index (χ1v) is 4.54. The zero-order valence-electron chi connectivity index (χ0n) is 7.16. The summed E-state index contributed by atoms with van der Waals surface area (Å²) in [4.78, 5) is 4.12. The normalized spacial score (nSPS) is 20.9. The number of fused-ring (bicyclic) bond motifs is 1. The molecule has 0 radical (unpaired) electrons. The largest absolute Gasteiger partial charge is 0.330 e. The number of aryl methyl sites for hydroxylation is 1. The van der Waals surface area contributed by atoms with Crippen molar-refractivity contribution in [2.45, 2.75) is 25.2 Å². The maximum absolute atomic E-state index is 5.55. The van der Waals surface area contributed by atoms with Gasteiger partial charge in [-0.05, 0) is 48.9 Å². The van der Waals surface area contributed by atoms with Gasteiger partial charge in [-0.2, -0.15) is 0 Å². The highest BCUT2D eigenvalue weighted by atomic mass is 14.6. The van der Waals surface area contributed by atoms with Crippen LogP contribution in [0.2, 0.25) is 0 Å². The molecule has 0 spiro atoms. The maximum Gasteiger partial charge on any atom is 0.0302 e.